The van der Waals surface area contributed by atoms with Crippen LogP contribution in [0.1, 0.15) is 33.1 Å². The molecule has 2 N–H and O–H groups in total. The first kappa shape index (κ1) is 16.1. The van der Waals surface area contributed by atoms with Crippen molar-refractivity contribution in [3.63, 3.8) is 0 Å². The molecule has 19 heavy (non-hydrogen) atoms. The van der Waals surface area contributed by atoms with Gasteiger partial charge in [-0.25, -0.2) is 8.42 Å². The van der Waals surface area contributed by atoms with Gasteiger partial charge in [-0.05, 0) is 31.5 Å². The number of sulfonamides is 1. The Bertz CT molecular complexity index is 517. The average Bonchev–Trinajstić information content (AvgIpc) is 2.29. The van der Waals surface area contributed by atoms with Gasteiger partial charge < -0.3 is 5.32 Å². The molecular formula is C13H21ClN2O2S. The maximum absolute atomic E-state index is 11.2. The molecule has 0 heterocycles. The Kier molecular flexibility index (Phi) is 5.94. The summed E-state index contributed by atoms with van der Waals surface area (Å²) < 4.78 is 24.8. The van der Waals surface area contributed by atoms with Crippen molar-refractivity contribution < 1.29 is 8.42 Å². The van der Waals surface area contributed by atoms with Gasteiger partial charge in [-0.15, -0.1) is 0 Å². The molecule has 1 rings (SSSR count). The Morgan fingerprint density at radius 3 is 2.63 bits per heavy atom. The van der Waals surface area contributed by atoms with Gasteiger partial charge in [0.2, 0.25) is 10.0 Å². The van der Waals surface area contributed by atoms with E-state index in [1.54, 1.807) is 18.2 Å². The quantitative estimate of drug-likeness (QED) is 0.807. The SMILES string of the molecule is CCCCC(C)Nc1cc(NS(C)(=O)=O)ccc1Cl. The molecule has 0 aliphatic carbocycles. The van der Waals surface area contributed by atoms with E-state index < -0.39 is 10.0 Å². The second-order valence-electron chi connectivity index (χ2n) is 4.76. The molecule has 0 aromatic heterocycles. The lowest BCUT2D eigenvalue weighted by Gasteiger charge is -2.17. The monoisotopic (exact) mass is 304 g/mol. The smallest absolute Gasteiger partial charge is 0.229 e. The number of benzene rings is 1. The largest absolute Gasteiger partial charge is 0.381 e. The van der Waals surface area contributed by atoms with E-state index in [4.69, 9.17) is 11.6 Å². The van der Waals surface area contributed by atoms with Crippen LogP contribution in [0.4, 0.5) is 11.4 Å². The third-order valence-corrected chi connectivity index (χ3v) is 3.60. The minimum Gasteiger partial charge on any atom is -0.381 e. The number of hydrogen-bond acceptors (Lipinski definition) is 3. The van der Waals surface area contributed by atoms with Crippen LogP contribution >= 0.6 is 11.6 Å². The van der Waals surface area contributed by atoms with Crippen LogP contribution in [0.3, 0.4) is 0 Å². The molecule has 6 heteroatoms. The molecule has 0 fully saturated rings. The van der Waals surface area contributed by atoms with Crippen molar-refractivity contribution in [3.05, 3.63) is 23.2 Å². The molecular weight excluding hydrogens is 284 g/mol. The highest BCUT2D eigenvalue weighted by molar-refractivity contribution is 7.92. The first-order chi connectivity index (χ1) is 8.81. The van der Waals surface area contributed by atoms with E-state index in [0.717, 1.165) is 31.2 Å². The van der Waals surface area contributed by atoms with Crippen molar-refractivity contribution in [2.24, 2.45) is 0 Å². The van der Waals surface area contributed by atoms with Crippen LogP contribution in [-0.4, -0.2) is 20.7 Å². The van der Waals surface area contributed by atoms with E-state index in [9.17, 15) is 8.42 Å². The number of halogens is 1. The van der Waals surface area contributed by atoms with Gasteiger partial charge in [0.05, 0.1) is 22.7 Å². The third kappa shape index (κ3) is 6.16. The van der Waals surface area contributed by atoms with Gasteiger partial charge >= 0.3 is 0 Å². The van der Waals surface area contributed by atoms with Crippen LogP contribution in [0.5, 0.6) is 0 Å². The van der Waals surface area contributed by atoms with Crippen molar-refractivity contribution in [2.75, 3.05) is 16.3 Å². The van der Waals surface area contributed by atoms with Crippen LogP contribution in [0.25, 0.3) is 0 Å². The predicted octanol–water partition coefficient (Wildman–Crippen LogP) is 3.70. The zero-order valence-electron chi connectivity index (χ0n) is 11.5. The van der Waals surface area contributed by atoms with Crippen LogP contribution in [-0.2, 0) is 10.0 Å². The molecule has 0 aliphatic rings. The number of rotatable bonds is 7. The van der Waals surface area contributed by atoms with E-state index in [1.807, 2.05) is 0 Å². The highest BCUT2D eigenvalue weighted by Gasteiger charge is 2.08. The van der Waals surface area contributed by atoms with Gasteiger partial charge in [-0.3, -0.25) is 4.72 Å². The van der Waals surface area contributed by atoms with Gasteiger partial charge in [0.1, 0.15) is 0 Å². The molecule has 108 valence electrons. The molecule has 0 saturated heterocycles. The van der Waals surface area contributed by atoms with Crippen LogP contribution < -0.4 is 10.0 Å². The van der Waals surface area contributed by atoms with Crippen molar-refractivity contribution in [2.45, 2.75) is 39.2 Å². The number of anilines is 2. The number of hydrogen-bond donors (Lipinski definition) is 2. The molecule has 0 spiro atoms. The first-order valence-corrected chi connectivity index (χ1v) is 8.62. The highest BCUT2D eigenvalue weighted by Crippen LogP contribution is 2.27. The molecule has 1 aromatic rings. The van der Waals surface area contributed by atoms with Crippen molar-refractivity contribution in [1.82, 2.24) is 0 Å². The molecule has 0 bridgehead atoms. The van der Waals surface area contributed by atoms with Crippen LogP contribution in [0, 0.1) is 0 Å². The molecule has 1 unspecified atom stereocenters. The van der Waals surface area contributed by atoms with E-state index in [0.29, 0.717) is 16.8 Å². The zero-order valence-corrected chi connectivity index (χ0v) is 13.1. The second-order valence-corrected chi connectivity index (χ2v) is 6.91. The van der Waals surface area contributed by atoms with Gasteiger partial charge in [-0.2, -0.15) is 0 Å². The zero-order chi connectivity index (χ0) is 14.5. The van der Waals surface area contributed by atoms with Gasteiger partial charge in [0.25, 0.3) is 0 Å². The highest BCUT2D eigenvalue weighted by atomic mass is 35.5. The molecule has 0 saturated carbocycles. The number of nitrogens with one attached hydrogen (secondary N) is 2. The van der Waals surface area contributed by atoms with Gasteiger partial charge in [-0.1, -0.05) is 31.4 Å². The maximum atomic E-state index is 11.2. The summed E-state index contributed by atoms with van der Waals surface area (Å²) in [6.45, 7) is 4.24. The van der Waals surface area contributed by atoms with Crippen molar-refractivity contribution >= 4 is 33.0 Å². The molecule has 0 aliphatic heterocycles. The standard InChI is InChI=1S/C13H21ClN2O2S/c1-4-5-6-10(2)15-13-9-11(7-8-12(13)14)16-19(3,17)18/h7-10,15-16H,4-6H2,1-3H3. The predicted molar refractivity (Wildman–Crippen MR) is 82.5 cm³/mol. The van der Waals surface area contributed by atoms with Gasteiger partial charge in [0, 0.05) is 6.04 Å². The fraction of sp³-hybridized carbons (Fsp3) is 0.538. The summed E-state index contributed by atoms with van der Waals surface area (Å²) in [7, 11) is -3.27. The maximum Gasteiger partial charge on any atom is 0.229 e. The molecule has 4 nitrogen and oxygen atoms in total. The Morgan fingerprint density at radius 2 is 2.05 bits per heavy atom. The fourth-order valence-corrected chi connectivity index (χ4v) is 2.49. The topological polar surface area (TPSA) is 58.2 Å². The molecule has 1 aromatic carbocycles. The lowest BCUT2D eigenvalue weighted by atomic mass is 10.1. The molecule has 1 atom stereocenters. The summed E-state index contributed by atoms with van der Waals surface area (Å²) in [6.07, 6.45) is 4.47. The van der Waals surface area contributed by atoms with Crippen molar-refractivity contribution in [1.29, 1.82) is 0 Å². The van der Waals surface area contributed by atoms with E-state index in [2.05, 4.69) is 23.9 Å². The molecule has 0 radical (unpaired) electrons. The molecule has 0 amide bonds. The summed E-state index contributed by atoms with van der Waals surface area (Å²) in [6, 6.07) is 5.34. The van der Waals surface area contributed by atoms with E-state index in [1.165, 1.54) is 0 Å². The minimum atomic E-state index is -3.27. The fourth-order valence-electron chi connectivity index (χ4n) is 1.76. The summed E-state index contributed by atoms with van der Waals surface area (Å²) in [5.74, 6) is 0. The Labute approximate surface area is 120 Å². The van der Waals surface area contributed by atoms with Crippen LogP contribution in [0.2, 0.25) is 5.02 Å². The normalized spacial score (nSPS) is 13.1. The minimum absolute atomic E-state index is 0.297. The third-order valence-electron chi connectivity index (χ3n) is 2.66. The average molecular weight is 305 g/mol. The van der Waals surface area contributed by atoms with Crippen LogP contribution in [0.15, 0.2) is 18.2 Å². The Morgan fingerprint density at radius 1 is 1.37 bits per heavy atom. The summed E-state index contributed by atoms with van der Waals surface area (Å²) >= 11 is 6.11. The Balaban J connectivity index is 2.79. The first-order valence-electron chi connectivity index (χ1n) is 6.35. The second kappa shape index (κ2) is 7.01. The van der Waals surface area contributed by atoms with Crippen molar-refractivity contribution in [3.8, 4) is 0 Å². The Hall–Kier alpha value is -0.940. The lowest BCUT2D eigenvalue weighted by molar-refractivity contribution is 0.607. The van der Waals surface area contributed by atoms with Gasteiger partial charge in [0.15, 0.2) is 0 Å². The lowest BCUT2D eigenvalue weighted by Crippen LogP contribution is -2.15. The summed E-state index contributed by atoms with van der Waals surface area (Å²) in [5, 5.41) is 3.89. The summed E-state index contributed by atoms with van der Waals surface area (Å²) in [5.41, 5.74) is 1.26. The number of unbranched alkanes of at least 4 members (excludes halogenated alkanes) is 1. The summed E-state index contributed by atoms with van der Waals surface area (Å²) in [4.78, 5) is 0. The van der Waals surface area contributed by atoms with E-state index in [-0.39, 0.29) is 0 Å². The van der Waals surface area contributed by atoms with E-state index >= 15 is 0 Å².